The van der Waals surface area contributed by atoms with Gasteiger partial charge in [0.1, 0.15) is 6.04 Å². The number of rotatable bonds is 7. The normalized spacial score (nSPS) is 17.6. The van der Waals surface area contributed by atoms with Crippen LogP contribution < -0.4 is 5.32 Å². The summed E-state index contributed by atoms with van der Waals surface area (Å²) < 4.78 is 0. The maximum atomic E-state index is 12.0. The molecule has 126 valence electrons. The molecule has 6 heteroatoms. The van der Waals surface area contributed by atoms with E-state index in [1.165, 1.54) is 0 Å². The highest BCUT2D eigenvalue weighted by Crippen LogP contribution is 2.09. The van der Waals surface area contributed by atoms with Gasteiger partial charge in [-0.15, -0.1) is 0 Å². The maximum Gasteiger partial charge on any atom is 0.320 e. The first-order valence-corrected chi connectivity index (χ1v) is 8.10. The second-order valence-electron chi connectivity index (χ2n) is 5.84. The summed E-state index contributed by atoms with van der Waals surface area (Å²) in [4.78, 5) is 27.3. The number of carboxylic acid groups (broad SMARTS) is 1. The molecule has 0 spiro atoms. The van der Waals surface area contributed by atoms with Crippen molar-refractivity contribution in [2.45, 2.75) is 25.9 Å². The van der Waals surface area contributed by atoms with Crippen molar-refractivity contribution in [2.24, 2.45) is 0 Å². The minimum Gasteiger partial charge on any atom is -0.480 e. The van der Waals surface area contributed by atoms with Crippen LogP contribution >= 0.6 is 0 Å². The first-order chi connectivity index (χ1) is 11.1. The summed E-state index contributed by atoms with van der Waals surface area (Å²) in [5, 5.41) is 12.1. The molecule has 1 aliphatic heterocycles. The van der Waals surface area contributed by atoms with Crippen molar-refractivity contribution < 1.29 is 14.7 Å². The molecule has 1 aromatic rings. The fraction of sp³-hybridized carbons (Fsp3) is 0.529. The Morgan fingerprint density at radius 1 is 1.17 bits per heavy atom. The number of carboxylic acids is 1. The standard InChI is InChI=1S/C17H25N3O3/c1-2-15(17(22)23)20-10-8-19(9-11-20)13-16(21)18-12-14-6-4-3-5-7-14/h3-7,15H,2,8-13H2,1H3,(H,18,21)(H,22,23). The van der Waals surface area contributed by atoms with Crippen molar-refractivity contribution in [3.05, 3.63) is 35.9 Å². The van der Waals surface area contributed by atoms with Crippen molar-refractivity contribution in [3.8, 4) is 0 Å². The molecule has 0 saturated carbocycles. The highest BCUT2D eigenvalue weighted by Gasteiger charge is 2.27. The van der Waals surface area contributed by atoms with Gasteiger partial charge in [-0.05, 0) is 12.0 Å². The molecule has 1 aliphatic rings. The summed E-state index contributed by atoms with van der Waals surface area (Å²) in [7, 11) is 0. The van der Waals surface area contributed by atoms with Crippen LogP contribution in [0, 0.1) is 0 Å². The lowest BCUT2D eigenvalue weighted by Crippen LogP contribution is -2.54. The number of amides is 1. The lowest BCUT2D eigenvalue weighted by atomic mass is 10.1. The fourth-order valence-corrected chi connectivity index (χ4v) is 2.88. The molecule has 1 aromatic carbocycles. The summed E-state index contributed by atoms with van der Waals surface area (Å²) in [5.74, 6) is -0.755. The minimum atomic E-state index is -0.762. The highest BCUT2D eigenvalue weighted by molar-refractivity contribution is 5.78. The average Bonchev–Trinajstić information content (AvgIpc) is 2.56. The average molecular weight is 319 g/mol. The lowest BCUT2D eigenvalue weighted by Gasteiger charge is -2.37. The van der Waals surface area contributed by atoms with Crippen molar-refractivity contribution in [1.82, 2.24) is 15.1 Å². The summed E-state index contributed by atoms with van der Waals surface area (Å²) in [6.07, 6.45) is 0.604. The van der Waals surface area contributed by atoms with E-state index >= 15 is 0 Å². The van der Waals surface area contributed by atoms with E-state index in [1.807, 2.05) is 42.2 Å². The maximum absolute atomic E-state index is 12.0. The molecular formula is C17H25N3O3. The highest BCUT2D eigenvalue weighted by atomic mass is 16.4. The number of hydrogen-bond acceptors (Lipinski definition) is 4. The largest absolute Gasteiger partial charge is 0.480 e. The third-order valence-corrected chi connectivity index (χ3v) is 4.22. The van der Waals surface area contributed by atoms with E-state index in [1.54, 1.807) is 0 Å². The lowest BCUT2D eigenvalue weighted by molar-refractivity contribution is -0.144. The molecule has 0 aliphatic carbocycles. The summed E-state index contributed by atoms with van der Waals surface area (Å²) in [6.45, 7) is 5.63. The van der Waals surface area contributed by atoms with Crippen molar-refractivity contribution in [2.75, 3.05) is 32.7 Å². The van der Waals surface area contributed by atoms with Gasteiger partial charge in [0.2, 0.25) is 5.91 Å². The molecule has 0 radical (unpaired) electrons. The van der Waals surface area contributed by atoms with Crippen LogP contribution in [0.5, 0.6) is 0 Å². The van der Waals surface area contributed by atoms with Crippen molar-refractivity contribution in [3.63, 3.8) is 0 Å². The van der Waals surface area contributed by atoms with E-state index in [9.17, 15) is 14.7 Å². The van der Waals surface area contributed by atoms with E-state index in [0.29, 0.717) is 32.6 Å². The molecule has 1 unspecified atom stereocenters. The zero-order valence-electron chi connectivity index (χ0n) is 13.6. The van der Waals surface area contributed by atoms with Gasteiger partial charge in [-0.2, -0.15) is 0 Å². The van der Waals surface area contributed by atoms with E-state index < -0.39 is 12.0 Å². The number of nitrogens with zero attached hydrogens (tertiary/aromatic N) is 2. The van der Waals surface area contributed by atoms with Crippen LogP contribution in [0.1, 0.15) is 18.9 Å². The molecule has 2 N–H and O–H groups in total. The van der Waals surface area contributed by atoms with Crippen LogP contribution in [0.3, 0.4) is 0 Å². The zero-order valence-corrected chi connectivity index (χ0v) is 13.6. The van der Waals surface area contributed by atoms with Gasteiger partial charge in [0.05, 0.1) is 6.54 Å². The quantitative estimate of drug-likeness (QED) is 0.777. The number of aliphatic carboxylic acids is 1. The molecule has 0 bridgehead atoms. The Balaban J connectivity index is 1.71. The summed E-state index contributed by atoms with van der Waals surface area (Å²) in [5.41, 5.74) is 1.08. The van der Waals surface area contributed by atoms with Crippen LogP contribution in [-0.2, 0) is 16.1 Å². The van der Waals surface area contributed by atoms with Gasteiger partial charge in [-0.25, -0.2) is 0 Å². The van der Waals surface area contributed by atoms with Crippen LogP contribution in [0.15, 0.2) is 30.3 Å². The predicted molar refractivity (Wildman–Crippen MR) is 88.0 cm³/mol. The first kappa shape index (κ1) is 17.4. The van der Waals surface area contributed by atoms with E-state index in [-0.39, 0.29) is 5.91 Å². The molecule has 1 saturated heterocycles. The molecule has 1 amide bonds. The SMILES string of the molecule is CCC(C(=O)O)N1CCN(CC(=O)NCc2ccccc2)CC1. The molecule has 1 atom stereocenters. The smallest absolute Gasteiger partial charge is 0.320 e. The van der Waals surface area contributed by atoms with Gasteiger partial charge >= 0.3 is 5.97 Å². The van der Waals surface area contributed by atoms with Gasteiger partial charge in [0, 0.05) is 32.7 Å². The Labute approximate surface area is 137 Å². The monoisotopic (exact) mass is 319 g/mol. The van der Waals surface area contributed by atoms with E-state index in [4.69, 9.17) is 0 Å². The van der Waals surface area contributed by atoms with Crippen molar-refractivity contribution in [1.29, 1.82) is 0 Å². The molecule has 0 aromatic heterocycles. The predicted octanol–water partition coefficient (Wildman–Crippen LogP) is 0.784. The van der Waals surface area contributed by atoms with E-state index in [0.717, 1.165) is 18.7 Å². The Hall–Kier alpha value is -1.92. The second kappa shape index (κ2) is 8.64. The van der Waals surface area contributed by atoms with Crippen LogP contribution in [0.25, 0.3) is 0 Å². The molecule has 2 rings (SSSR count). The summed E-state index contributed by atoms with van der Waals surface area (Å²) in [6, 6.07) is 9.40. The van der Waals surface area contributed by atoms with Crippen molar-refractivity contribution >= 4 is 11.9 Å². The summed E-state index contributed by atoms with van der Waals surface area (Å²) >= 11 is 0. The van der Waals surface area contributed by atoms with Gasteiger partial charge in [-0.1, -0.05) is 37.3 Å². The molecule has 1 fully saturated rings. The Kier molecular flexibility index (Phi) is 6.55. The number of nitrogens with one attached hydrogen (secondary N) is 1. The molecule has 23 heavy (non-hydrogen) atoms. The molecule has 1 heterocycles. The van der Waals surface area contributed by atoms with E-state index in [2.05, 4.69) is 10.2 Å². The third kappa shape index (κ3) is 5.33. The van der Waals surface area contributed by atoms with Gasteiger partial charge in [-0.3, -0.25) is 19.4 Å². The topological polar surface area (TPSA) is 72.9 Å². The third-order valence-electron chi connectivity index (χ3n) is 4.22. The second-order valence-corrected chi connectivity index (χ2v) is 5.84. The first-order valence-electron chi connectivity index (χ1n) is 8.10. The fourth-order valence-electron chi connectivity index (χ4n) is 2.88. The van der Waals surface area contributed by atoms with Crippen LogP contribution in [0.2, 0.25) is 0 Å². The van der Waals surface area contributed by atoms with Gasteiger partial charge < -0.3 is 10.4 Å². The number of carbonyl (C=O) groups excluding carboxylic acids is 1. The minimum absolute atomic E-state index is 0.00702. The number of benzene rings is 1. The number of carbonyl (C=O) groups is 2. The Bertz CT molecular complexity index is 513. The Morgan fingerprint density at radius 2 is 1.83 bits per heavy atom. The van der Waals surface area contributed by atoms with Crippen LogP contribution in [-0.4, -0.2) is 65.5 Å². The number of piperazine rings is 1. The van der Waals surface area contributed by atoms with Gasteiger partial charge in [0.25, 0.3) is 0 Å². The molecular weight excluding hydrogens is 294 g/mol. The zero-order chi connectivity index (χ0) is 16.7. The Morgan fingerprint density at radius 3 is 2.39 bits per heavy atom. The molecule has 6 nitrogen and oxygen atoms in total. The van der Waals surface area contributed by atoms with Gasteiger partial charge in [0.15, 0.2) is 0 Å². The number of hydrogen-bond donors (Lipinski definition) is 2. The van der Waals surface area contributed by atoms with Crippen LogP contribution in [0.4, 0.5) is 0 Å².